The Bertz CT molecular complexity index is 553. The lowest BCUT2D eigenvalue weighted by molar-refractivity contribution is 0.486. The third kappa shape index (κ3) is 3.19. The van der Waals surface area contributed by atoms with Crippen molar-refractivity contribution in [3.05, 3.63) is 51.5 Å². The van der Waals surface area contributed by atoms with Gasteiger partial charge < -0.3 is 5.32 Å². The SMILES string of the molecule is CCNC(c1cc2c(s1)CCCC2)C(C)c1ccncc1. The van der Waals surface area contributed by atoms with Gasteiger partial charge in [-0.25, -0.2) is 0 Å². The molecule has 0 amide bonds. The highest BCUT2D eigenvalue weighted by molar-refractivity contribution is 7.12. The average molecular weight is 300 g/mol. The number of pyridine rings is 1. The average Bonchev–Trinajstić information content (AvgIpc) is 2.96. The summed E-state index contributed by atoms with van der Waals surface area (Å²) in [6.45, 7) is 5.52. The molecule has 0 saturated heterocycles. The van der Waals surface area contributed by atoms with Gasteiger partial charge in [-0.15, -0.1) is 11.3 Å². The fourth-order valence-corrected chi connectivity index (χ4v) is 4.71. The number of nitrogens with zero attached hydrogens (tertiary/aromatic N) is 1. The molecule has 1 aliphatic carbocycles. The predicted octanol–water partition coefficient (Wildman–Crippen LogP) is 4.48. The van der Waals surface area contributed by atoms with Crippen molar-refractivity contribution in [2.45, 2.75) is 51.5 Å². The molecule has 2 aromatic heterocycles. The summed E-state index contributed by atoms with van der Waals surface area (Å²) in [5.74, 6) is 0.466. The summed E-state index contributed by atoms with van der Waals surface area (Å²) in [5.41, 5.74) is 2.97. The fourth-order valence-electron chi connectivity index (χ4n) is 3.27. The molecule has 0 spiro atoms. The van der Waals surface area contributed by atoms with E-state index in [-0.39, 0.29) is 0 Å². The van der Waals surface area contributed by atoms with Gasteiger partial charge in [0.05, 0.1) is 0 Å². The smallest absolute Gasteiger partial charge is 0.0481 e. The fraction of sp³-hybridized carbons (Fsp3) is 0.500. The van der Waals surface area contributed by atoms with Gasteiger partial charge in [0.1, 0.15) is 0 Å². The summed E-state index contributed by atoms with van der Waals surface area (Å²) >= 11 is 2.03. The second-order valence-corrected chi connectivity index (χ2v) is 7.08. The first-order chi connectivity index (χ1) is 10.3. The van der Waals surface area contributed by atoms with Crippen molar-refractivity contribution in [2.75, 3.05) is 6.54 Å². The molecule has 0 bridgehead atoms. The number of aromatic nitrogens is 1. The van der Waals surface area contributed by atoms with E-state index in [1.807, 2.05) is 23.7 Å². The van der Waals surface area contributed by atoms with E-state index in [0.29, 0.717) is 12.0 Å². The summed E-state index contributed by atoms with van der Waals surface area (Å²) < 4.78 is 0. The Morgan fingerprint density at radius 2 is 2.00 bits per heavy atom. The van der Waals surface area contributed by atoms with Gasteiger partial charge in [0.25, 0.3) is 0 Å². The van der Waals surface area contributed by atoms with E-state index in [0.717, 1.165) is 6.54 Å². The predicted molar refractivity (Wildman–Crippen MR) is 90.0 cm³/mol. The number of nitrogens with one attached hydrogen (secondary N) is 1. The van der Waals surface area contributed by atoms with Gasteiger partial charge in [-0.05, 0) is 61.6 Å². The molecule has 3 rings (SSSR count). The number of likely N-dealkylation sites (N-methyl/N-ethyl adjacent to an activating group) is 1. The molecule has 0 fully saturated rings. The first-order valence-electron chi connectivity index (χ1n) is 8.04. The summed E-state index contributed by atoms with van der Waals surface area (Å²) in [7, 11) is 0. The topological polar surface area (TPSA) is 24.9 Å². The van der Waals surface area contributed by atoms with Crippen LogP contribution in [-0.2, 0) is 12.8 Å². The molecule has 2 atom stereocenters. The molecule has 3 heteroatoms. The molecule has 112 valence electrons. The first kappa shape index (κ1) is 14.7. The Balaban J connectivity index is 1.88. The van der Waals surface area contributed by atoms with Crippen molar-refractivity contribution in [3.63, 3.8) is 0 Å². The Kier molecular flexibility index (Phi) is 4.71. The maximum absolute atomic E-state index is 4.14. The minimum Gasteiger partial charge on any atom is -0.309 e. The Morgan fingerprint density at radius 3 is 2.71 bits per heavy atom. The third-order valence-electron chi connectivity index (χ3n) is 4.48. The lowest BCUT2D eigenvalue weighted by Gasteiger charge is -2.24. The van der Waals surface area contributed by atoms with E-state index < -0.39 is 0 Å². The van der Waals surface area contributed by atoms with Crippen LogP contribution in [0.1, 0.15) is 59.5 Å². The minimum absolute atomic E-state index is 0.410. The number of hydrogen-bond acceptors (Lipinski definition) is 3. The van der Waals surface area contributed by atoms with Crippen LogP contribution in [0.2, 0.25) is 0 Å². The standard InChI is InChI=1S/C18H24N2S/c1-3-20-18(13(2)14-8-10-19-11-9-14)17-12-15-6-4-5-7-16(15)21-17/h8-13,18,20H,3-7H2,1-2H3. The summed E-state index contributed by atoms with van der Waals surface area (Å²) in [5, 5.41) is 3.70. The van der Waals surface area contributed by atoms with Crippen molar-refractivity contribution in [2.24, 2.45) is 0 Å². The van der Waals surface area contributed by atoms with Crippen LogP contribution < -0.4 is 5.32 Å². The number of rotatable bonds is 5. The summed E-state index contributed by atoms with van der Waals surface area (Å²) in [4.78, 5) is 7.27. The molecule has 21 heavy (non-hydrogen) atoms. The van der Waals surface area contributed by atoms with Gasteiger partial charge in [-0.1, -0.05) is 13.8 Å². The number of fused-ring (bicyclic) bond motifs is 1. The van der Waals surface area contributed by atoms with Crippen molar-refractivity contribution in [1.82, 2.24) is 10.3 Å². The van der Waals surface area contributed by atoms with Gasteiger partial charge >= 0.3 is 0 Å². The normalized spacial score (nSPS) is 17.2. The number of hydrogen-bond donors (Lipinski definition) is 1. The molecule has 0 aliphatic heterocycles. The van der Waals surface area contributed by atoms with E-state index in [1.165, 1.54) is 36.1 Å². The first-order valence-corrected chi connectivity index (χ1v) is 8.86. The van der Waals surface area contributed by atoms with Gasteiger partial charge in [0.2, 0.25) is 0 Å². The van der Waals surface area contributed by atoms with Gasteiger partial charge in [0.15, 0.2) is 0 Å². The van der Waals surface area contributed by atoms with E-state index in [1.54, 1.807) is 10.4 Å². The quantitative estimate of drug-likeness (QED) is 0.881. The lowest BCUT2D eigenvalue weighted by atomic mass is 9.91. The third-order valence-corrected chi connectivity index (χ3v) is 5.80. The number of thiophene rings is 1. The second-order valence-electron chi connectivity index (χ2n) is 5.91. The van der Waals surface area contributed by atoms with E-state index in [4.69, 9.17) is 0 Å². The van der Waals surface area contributed by atoms with E-state index in [2.05, 4.69) is 42.3 Å². The van der Waals surface area contributed by atoms with Crippen LogP contribution >= 0.6 is 11.3 Å². The van der Waals surface area contributed by atoms with Crippen LogP contribution in [0.25, 0.3) is 0 Å². The highest BCUT2D eigenvalue weighted by Gasteiger charge is 2.24. The molecular weight excluding hydrogens is 276 g/mol. The van der Waals surface area contributed by atoms with Crippen molar-refractivity contribution in [3.8, 4) is 0 Å². The largest absolute Gasteiger partial charge is 0.309 e. The van der Waals surface area contributed by atoms with Crippen molar-refractivity contribution >= 4 is 11.3 Å². The molecule has 0 saturated carbocycles. The Labute approximate surface area is 131 Å². The highest BCUT2D eigenvalue weighted by atomic mass is 32.1. The monoisotopic (exact) mass is 300 g/mol. The van der Waals surface area contributed by atoms with Crippen LogP contribution in [-0.4, -0.2) is 11.5 Å². The molecule has 2 heterocycles. The van der Waals surface area contributed by atoms with Crippen LogP contribution in [0.3, 0.4) is 0 Å². The van der Waals surface area contributed by atoms with Crippen molar-refractivity contribution < 1.29 is 0 Å². The molecule has 0 radical (unpaired) electrons. The highest BCUT2D eigenvalue weighted by Crippen LogP contribution is 2.38. The van der Waals surface area contributed by atoms with E-state index >= 15 is 0 Å². The molecule has 2 unspecified atom stereocenters. The van der Waals surface area contributed by atoms with E-state index in [9.17, 15) is 0 Å². The summed E-state index contributed by atoms with van der Waals surface area (Å²) in [6.07, 6.45) is 9.06. The molecule has 2 aromatic rings. The molecular formula is C18H24N2S. The van der Waals surface area contributed by atoms with Crippen molar-refractivity contribution in [1.29, 1.82) is 0 Å². The summed E-state index contributed by atoms with van der Waals surface area (Å²) in [6, 6.07) is 7.16. The molecule has 1 aliphatic rings. The zero-order valence-corrected chi connectivity index (χ0v) is 13.7. The molecule has 1 N–H and O–H groups in total. The Hall–Kier alpha value is -1.19. The maximum Gasteiger partial charge on any atom is 0.0481 e. The Morgan fingerprint density at radius 1 is 1.24 bits per heavy atom. The second kappa shape index (κ2) is 6.71. The van der Waals surface area contributed by atoms with Crippen LogP contribution in [0.4, 0.5) is 0 Å². The molecule has 2 nitrogen and oxygen atoms in total. The van der Waals surface area contributed by atoms with Crippen LogP contribution in [0.5, 0.6) is 0 Å². The van der Waals surface area contributed by atoms with Gasteiger partial charge in [0, 0.05) is 34.1 Å². The lowest BCUT2D eigenvalue weighted by Crippen LogP contribution is -2.25. The van der Waals surface area contributed by atoms with Gasteiger partial charge in [-0.2, -0.15) is 0 Å². The zero-order valence-electron chi connectivity index (χ0n) is 12.9. The van der Waals surface area contributed by atoms with Crippen LogP contribution in [0, 0.1) is 0 Å². The minimum atomic E-state index is 0.410. The molecule has 0 aromatic carbocycles. The zero-order chi connectivity index (χ0) is 14.7. The number of aryl methyl sites for hydroxylation is 2. The van der Waals surface area contributed by atoms with Crippen LogP contribution in [0.15, 0.2) is 30.6 Å². The van der Waals surface area contributed by atoms with Gasteiger partial charge in [-0.3, -0.25) is 4.98 Å². The maximum atomic E-state index is 4.14.